The van der Waals surface area contributed by atoms with Crippen LogP contribution in [-0.4, -0.2) is 32.0 Å². The zero-order valence-electron chi connectivity index (χ0n) is 16.2. The van der Waals surface area contributed by atoms with Crippen molar-refractivity contribution >= 4 is 17.2 Å². The fourth-order valence-electron chi connectivity index (χ4n) is 3.14. The van der Waals surface area contributed by atoms with Crippen LogP contribution >= 0.6 is 0 Å². The number of carbonyl (C=O) groups is 1. The molecule has 0 aromatic heterocycles. The Balaban J connectivity index is 2.10. The molecular formula is C23H30N2O. The molecule has 0 aliphatic carbocycles. The maximum absolute atomic E-state index is 11.5. The van der Waals surface area contributed by atoms with Gasteiger partial charge in [-0.2, -0.15) is 0 Å². The molecule has 138 valence electrons. The van der Waals surface area contributed by atoms with Gasteiger partial charge in [-0.05, 0) is 62.2 Å². The van der Waals surface area contributed by atoms with Crippen molar-refractivity contribution in [3.05, 3.63) is 61.2 Å². The number of hydrogen-bond donors (Lipinski definition) is 0. The smallest absolute Gasteiger partial charge is 0.156 e. The van der Waals surface area contributed by atoms with E-state index in [0.717, 1.165) is 31.9 Å². The summed E-state index contributed by atoms with van der Waals surface area (Å²) in [5, 5.41) is 0. The van der Waals surface area contributed by atoms with E-state index in [9.17, 15) is 4.79 Å². The van der Waals surface area contributed by atoms with Crippen LogP contribution < -0.4 is 9.80 Å². The number of nitrogens with zero attached hydrogens (tertiary/aromatic N) is 2. The summed E-state index contributed by atoms with van der Waals surface area (Å²) in [4.78, 5) is 16.0. The first-order valence-electron chi connectivity index (χ1n) is 9.48. The van der Waals surface area contributed by atoms with Crippen molar-refractivity contribution in [2.24, 2.45) is 0 Å². The topological polar surface area (TPSA) is 23.6 Å². The number of anilines is 2. The summed E-state index contributed by atoms with van der Waals surface area (Å²) in [6.45, 7) is 13.6. The van der Waals surface area contributed by atoms with Crippen molar-refractivity contribution in [2.75, 3.05) is 36.0 Å². The first kappa shape index (κ1) is 19.8. The van der Waals surface area contributed by atoms with E-state index >= 15 is 0 Å². The van der Waals surface area contributed by atoms with Crippen molar-refractivity contribution in [2.45, 2.75) is 27.2 Å². The minimum absolute atomic E-state index is 0.0911. The fraction of sp³-hybridized carbons (Fsp3) is 0.348. The number of benzene rings is 2. The van der Waals surface area contributed by atoms with Gasteiger partial charge in [-0.3, -0.25) is 4.79 Å². The molecule has 0 bridgehead atoms. The van der Waals surface area contributed by atoms with Crippen LogP contribution in [0.1, 0.15) is 27.2 Å². The molecule has 0 amide bonds. The van der Waals surface area contributed by atoms with Crippen molar-refractivity contribution < 1.29 is 4.79 Å². The minimum atomic E-state index is 0.0911. The Labute approximate surface area is 157 Å². The maximum atomic E-state index is 11.5. The third kappa shape index (κ3) is 4.98. The van der Waals surface area contributed by atoms with Crippen molar-refractivity contribution in [3.8, 4) is 11.1 Å². The summed E-state index contributed by atoms with van der Waals surface area (Å²) in [6, 6.07) is 17.3. The van der Waals surface area contributed by atoms with Gasteiger partial charge in [0.25, 0.3) is 0 Å². The molecule has 0 N–H and O–H groups in total. The number of ketones is 1. The predicted octanol–water partition coefficient (Wildman–Crippen LogP) is 5.17. The van der Waals surface area contributed by atoms with Gasteiger partial charge in [0, 0.05) is 44.0 Å². The van der Waals surface area contributed by atoms with Crippen LogP contribution in [0, 0.1) is 0 Å². The van der Waals surface area contributed by atoms with Gasteiger partial charge in [-0.1, -0.05) is 30.8 Å². The first-order valence-corrected chi connectivity index (χ1v) is 9.48. The molecule has 3 nitrogen and oxygen atoms in total. The molecule has 0 unspecified atom stereocenters. The lowest BCUT2D eigenvalue weighted by Gasteiger charge is -2.23. The second kappa shape index (κ2) is 9.81. The quantitative estimate of drug-likeness (QED) is 0.552. The van der Waals surface area contributed by atoms with Crippen LogP contribution in [0.3, 0.4) is 0 Å². The molecule has 0 saturated heterocycles. The minimum Gasteiger partial charge on any atom is -0.372 e. The Morgan fingerprint density at radius 3 is 1.62 bits per heavy atom. The molecule has 0 saturated carbocycles. The lowest BCUT2D eigenvalue weighted by Crippen LogP contribution is -2.25. The van der Waals surface area contributed by atoms with E-state index in [1.54, 1.807) is 0 Å². The number of rotatable bonds is 10. The van der Waals surface area contributed by atoms with Crippen molar-refractivity contribution in [1.82, 2.24) is 0 Å². The number of carbonyl (C=O) groups excluding carboxylic acids is 1. The lowest BCUT2D eigenvalue weighted by atomic mass is 10.0. The normalized spacial score (nSPS) is 10.4. The van der Waals surface area contributed by atoms with Gasteiger partial charge in [-0.15, -0.1) is 0 Å². The summed E-state index contributed by atoms with van der Waals surface area (Å²) in [5.41, 5.74) is 4.84. The van der Waals surface area contributed by atoms with E-state index in [-0.39, 0.29) is 5.78 Å². The highest BCUT2D eigenvalue weighted by Gasteiger charge is 2.07. The summed E-state index contributed by atoms with van der Waals surface area (Å²) >= 11 is 0. The van der Waals surface area contributed by atoms with Gasteiger partial charge in [0.2, 0.25) is 0 Å². The average molecular weight is 351 g/mol. The third-order valence-electron chi connectivity index (χ3n) is 4.80. The molecule has 2 aromatic carbocycles. The molecule has 3 heteroatoms. The molecule has 0 heterocycles. The first-order chi connectivity index (χ1) is 12.6. The standard InChI is InChI=1S/C23H30N2O/c1-5-23(26)17-18-25(8-4)22-15-11-20(12-16-22)19-9-13-21(14-10-19)24(6-2)7-3/h5,9-16H,1,6-8,17-18H2,2-4H3. The number of allylic oxidation sites excluding steroid dienone is 1. The second-order valence-corrected chi connectivity index (χ2v) is 6.27. The van der Waals surface area contributed by atoms with Gasteiger partial charge < -0.3 is 9.80 Å². The highest BCUT2D eigenvalue weighted by atomic mass is 16.1. The largest absolute Gasteiger partial charge is 0.372 e. The van der Waals surface area contributed by atoms with Crippen LogP contribution in [0.15, 0.2) is 61.2 Å². The molecule has 0 radical (unpaired) electrons. The molecule has 0 fully saturated rings. The van der Waals surface area contributed by atoms with Crippen LogP contribution in [0.25, 0.3) is 11.1 Å². The van der Waals surface area contributed by atoms with E-state index in [4.69, 9.17) is 0 Å². The third-order valence-corrected chi connectivity index (χ3v) is 4.80. The Kier molecular flexibility index (Phi) is 7.46. The van der Waals surface area contributed by atoms with E-state index in [2.05, 4.69) is 85.7 Å². The maximum Gasteiger partial charge on any atom is 0.156 e. The lowest BCUT2D eigenvalue weighted by molar-refractivity contribution is -0.114. The highest BCUT2D eigenvalue weighted by Crippen LogP contribution is 2.25. The molecule has 2 aromatic rings. The van der Waals surface area contributed by atoms with Crippen molar-refractivity contribution in [1.29, 1.82) is 0 Å². The van der Waals surface area contributed by atoms with E-state index in [0.29, 0.717) is 6.42 Å². The summed E-state index contributed by atoms with van der Waals surface area (Å²) < 4.78 is 0. The Morgan fingerprint density at radius 2 is 1.23 bits per heavy atom. The Hall–Kier alpha value is -2.55. The van der Waals surface area contributed by atoms with Crippen LogP contribution in [0.5, 0.6) is 0 Å². The molecule has 0 spiro atoms. The van der Waals surface area contributed by atoms with Crippen LogP contribution in [0.2, 0.25) is 0 Å². The highest BCUT2D eigenvalue weighted by molar-refractivity contribution is 5.89. The Morgan fingerprint density at radius 1 is 0.808 bits per heavy atom. The molecular weight excluding hydrogens is 320 g/mol. The zero-order valence-corrected chi connectivity index (χ0v) is 16.2. The summed E-state index contributed by atoms with van der Waals surface area (Å²) in [7, 11) is 0. The number of hydrogen-bond acceptors (Lipinski definition) is 3. The summed E-state index contributed by atoms with van der Waals surface area (Å²) in [6.07, 6.45) is 1.91. The fourth-order valence-corrected chi connectivity index (χ4v) is 3.14. The molecule has 0 atom stereocenters. The molecule has 0 aliphatic heterocycles. The van der Waals surface area contributed by atoms with E-state index in [1.807, 2.05) is 0 Å². The zero-order chi connectivity index (χ0) is 18.9. The SMILES string of the molecule is C=CC(=O)CCN(CC)c1ccc(-c2ccc(N(CC)CC)cc2)cc1. The summed E-state index contributed by atoms with van der Waals surface area (Å²) in [5.74, 6) is 0.0911. The second-order valence-electron chi connectivity index (χ2n) is 6.27. The van der Waals surface area contributed by atoms with Crippen LogP contribution in [0.4, 0.5) is 11.4 Å². The van der Waals surface area contributed by atoms with Gasteiger partial charge in [-0.25, -0.2) is 0 Å². The van der Waals surface area contributed by atoms with Gasteiger partial charge in [0.15, 0.2) is 5.78 Å². The van der Waals surface area contributed by atoms with E-state index < -0.39 is 0 Å². The van der Waals surface area contributed by atoms with Gasteiger partial charge in [0.05, 0.1) is 0 Å². The van der Waals surface area contributed by atoms with Crippen molar-refractivity contribution in [3.63, 3.8) is 0 Å². The monoisotopic (exact) mass is 350 g/mol. The Bertz CT molecular complexity index is 700. The molecule has 2 rings (SSSR count). The van der Waals surface area contributed by atoms with E-state index in [1.165, 1.54) is 22.9 Å². The van der Waals surface area contributed by atoms with Crippen LogP contribution in [-0.2, 0) is 4.79 Å². The predicted molar refractivity (Wildman–Crippen MR) is 113 cm³/mol. The van der Waals surface area contributed by atoms with Gasteiger partial charge >= 0.3 is 0 Å². The molecule has 26 heavy (non-hydrogen) atoms. The molecule has 0 aliphatic rings. The van der Waals surface area contributed by atoms with Gasteiger partial charge in [0.1, 0.15) is 0 Å². The average Bonchev–Trinajstić information content (AvgIpc) is 2.70.